The molecule has 2 rings (SSSR count). The molecule has 0 radical (unpaired) electrons. The van der Waals surface area contributed by atoms with Gasteiger partial charge in [-0.2, -0.15) is 0 Å². The van der Waals surface area contributed by atoms with Crippen LogP contribution in [0.25, 0.3) is 0 Å². The van der Waals surface area contributed by atoms with E-state index in [9.17, 15) is 4.39 Å². The lowest BCUT2D eigenvalue weighted by Gasteiger charge is -2.10. The number of nitrogens with zero attached hydrogens (tertiary/aromatic N) is 1. The van der Waals surface area contributed by atoms with Gasteiger partial charge >= 0.3 is 0 Å². The fraction of sp³-hybridized carbons (Fsp3) is 0.364. The molecule has 92 valence electrons. The molecule has 1 aromatic rings. The number of hydrazine groups is 1. The van der Waals surface area contributed by atoms with Crippen molar-refractivity contribution in [3.63, 3.8) is 0 Å². The van der Waals surface area contributed by atoms with E-state index in [0.29, 0.717) is 17.7 Å². The van der Waals surface area contributed by atoms with Crippen LogP contribution in [0.5, 0.6) is 5.75 Å². The lowest BCUT2D eigenvalue weighted by Crippen LogP contribution is -2.36. The summed E-state index contributed by atoms with van der Waals surface area (Å²) in [5, 5.41) is 2.97. The van der Waals surface area contributed by atoms with Gasteiger partial charge in [-0.3, -0.25) is 5.43 Å². The third kappa shape index (κ3) is 3.07. The molecule has 0 bridgehead atoms. The minimum absolute atomic E-state index is 0.179. The quantitative estimate of drug-likeness (QED) is 0.320. The Hall–Kier alpha value is -1.82. The zero-order chi connectivity index (χ0) is 12.3. The summed E-state index contributed by atoms with van der Waals surface area (Å²) in [6.45, 7) is 0. The maximum absolute atomic E-state index is 13.2. The molecule has 0 unspecified atom stereocenters. The van der Waals surface area contributed by atoms with Gasteiger partial charge in [0.2, 0.25) is 5.96 Å². The summed E-state index contributed by atoms with van der Waals surface area (Å²) < 4.78 is 18.1. The number of guanidine groups is 1. The number of hydrogen-bond acceptors (Lipinski definition) is 3. The molecule has 0 atom stereocenters. The van der Waals surface area contributed by atoms with Crippen LogP contribution in [0.3, 0.4) is 0 Å². The van der Waals surface area contributed by atoms with E-state index < -0.39 is 5.82 Å². The molecular weight excluding hydrogens is 223 g/mol. The molecule has 0 spiro atoms. The number of benzene rings is 1. The zero-order valence-electron chi connectivity index (χ0n) is 9.53. The Morgan fingerprint density at radius 2 is 2.29 bits per heavy atom. The smallest absolute Gasteiger partial charge is 0.210 e. The predicted octanol–water partition coefficient (Wildman–Crippen LogP) is 1.23. The van der Waals surface area contributed by atoms with Crippen LogP contribution < -0.4 is 21.3 Å². The zero-order valence-corrected chi connectivity index (χ0v) is 9.53. The Morgan fingerprint density at radius 3 is 2.88 bits per heavy atom. The van der Waals surface area contributed by atoms with Crippen LogP contribution in [-0.4, -0.2) is 19.1 Å². The minimum atomic E-state index is -0.403. The Morgan fingerprint density at radius 1 is 1.53 bits per heavy atom. The standard InChI is InChI=1S/C11H15FN4O/c1-17-10-6-8(4-5-9(10)12)15-11(16-13)14-7-2-3-7/h4-7H,2-3,13H2,1H3,(H2,14,15,16). The van der Waals surface area contributed by atoms with Crippen molar-refractivity contribution in [3.8, 4) is 5.75 Å². The SMILES string of the molecule is COc1cc(NC(=NC2CC2)NN)ccc1F. The second-order valence-electron chi connectivity index (χ2n) is 3.83. The van der Waals surface area contributed by atoms with Gasteiger partial charge in [0.1, 0.15) is 0 Å². The molecule has 17 heavy (non-hydrogen) atoms. The average molecular weight is 238 g/mol. The van der Waals surface area contributed by atoms with Crippen LogP contribution >= 0.6 is 0 Å². The Bertz CT molecular complexity index is 431. The van der Waals surface area contributed by atoms with Gasteiger partial charge in [-0.25, -0.2) is 15.2 Å². The molecule has 0 heterocycles. The summed E-state index contributed by atoms with van der Waals surface area (Å²) in [6, 6.07) is 4.81. The predicted molar refractivity (Wildman–Crippen MR) is 64.4 cm³/mol. The Balaban J connectivity index is 2.11. The maximum Gasteiger partial charge on any atom is 0.210 e. The highest BCUT2D eigenvalue weighted by Gasteiger charge is 2.21. The van der Waals surface area contributed by atoms with E-state index in [2.05, 4.69) is 15.7 Å². The van der Waals surface area contributed by atoms with Crippen molar-refractivity contribution in [2.24, 2.45) is 10.8 Å². The van der Waals surface area contributed by atoms with Gasteiger partial charge in [0.05, 0.1) is 13.2 Å². The molecule has 1 fully saturated rings. The number of methoxy groups -OCH3 is 1. The molecule has 1 aromatic carbocycles. The van der Waals surface area contributed by atoms with E-state index in [-0.39, 0.29) is 5.75 Å². The van der Waals surface area contributed by atoms with Crippen LogP contribution in [0.1, 0.15) is 12.8 Å². The number of nitrogens with two attached hydrogens (primary N) is 1. The van der Waals surface area contributed by atoms with Gasteiger partial charge < -0.3 is 10.1 Å². The molecule has 1 saturated carbocycles. The van der Waals surface area contributed by atoms with Crippen LogP contribution in [0.15, 0.2) is 23.2 Å². The highest BCUT2D eigenvalue weighted by atomic mass is 19.1. The van der Waals surface area contributed by atoms with Crippen molar-refractivity contribution >= 4 is 11.6 Å². The second kappa shape index (κ2) is 5.01. The van der Waals surface area contributed by atoms with E-state index in [1.54, 1.807) is 12.1 Å². The minimum Gasteiger partial charge on any atom is -0.494 e. The maximum atomic E-state index is 13.2. The molecule has 5 nitrogen and oxygen atoms in total. The number of rotatable bonds is 3. The van der Waals surface area contributed by atoms with Crippen molar-refractivity contribution in [2.75, 3.05) is 12.4 Å². The van der Waals surface area contributed by atoms with E-state index >= 15 is 0 Å². The molecule has 0 aliphatic heterocycles. The van der Waals surface area contributed by atoms with Crippen molar-refractivity contribution < 1.29 is 9.13 Å². The van der Waals surface area contributed by atoms with Gasteiger partial charge in [-0.15, -0.1) is 0 Å². The topological polar surface area (TPSA) is 71.7 Å². The fourth-order valence-corrected chi connectivity index (χ4v) is 1.37. The molecule has 1 aliphatic rings. The second-order valence-corrected chi connectivity index (χ2v) is 3.83. The van der Waals surface area contributed by atoms with Gasteiger partial charge in [0, 0.05) is 11.8 Å². The number of anilines is 1. The first kappa shape index (κ1) is 11.7. The highest BCUT2D eigenvalue weighted by Crippen LogP contribution is 2.24. The van der Waals surface area contributed by atoms with Crippen LogP contribution in [0.4, 0.5) is 10.1 Å². The van der Waals surface area contributed by atoms with Crippen molar-refractivity contribution in [2.45, 2.75) is 18.9 Å². The molecular formula is C11H15FN4O. The fourth-order valence-electron chi connectivity index (χ4n) is 1.37. The summed E-state index contributed by atoms with van der Waals surface area (Å²) in [4.78, 5) is 4.31. The van der Waals surface area contributed by atoms with Crippen LogP contribution in [0.2, 0.25) is 0 Å². The lowest BCUT2D eigenvalue weighted by atomic mass is 10.3. The number of halogens is 1. The summed E-state index contributed by atoms with van der Waals surface area (Å²) >= 11 is 0. The largest absolute Gasteiger partial charge is 0.494 e. The first-order valence-electron chi connectivity index (χ1n) is 5.38. The van der Waals surface area contributed by atoms with E-state index in [4.69, 9.17) is 10.6 Å². The highest BCUT2D eigenvalue weighted by molar-refractivity contribution is 5.93. The van der Waals surface area contributed by atoms with Gasteiger partial charge in [0.15, 0.2) is 11.6 Å². The molecule has 6 heteroatoms. The van der Waals surface area contributed by atoms with E-state index in [1.807, 2.05) is 0 Å². The third-order valence-corrected chi connectivity index (χ3v) is 2.41. The molecule has 4 N–H and O–H groups in total. The first-order valence-corrected chi connectivity index (χ1v) is 5.38. The van der Waals surface area contributed by atoms with Gasteiger partial charge in [-0.1, -0.05) is 0 Å². The van der Waals surface area contributed by atoms with Crippen LogP contribution in [-0.2, 0) is 0 Å². The summed E-state index contributed by atoms with van der Waals surface area (Å²) in [6.07, 6.45) is 2.17. The lowest BCUT2D eigenvalue weighted by molar-refractivity contribution is 0.387. The number of aliphatic imine (C=N–C) groups is 1. The summed E-state index contributed by atoms with van der Waals surface area (Å²) in [7, 11) is 1.42. The normalized spacial score (nSPS) is 15.6. The number of ether oxygens (including phenoxy) is 1. The Kier molecular flexibility index (Phi) is 3.43. The van der Waals surface area contributed by atoms with Crippen molar-refractivity contribution in [1.82, 2.24) is 5.43 Å². The summed E-state index contributed by atoms with van der Waals surface area (Å²) in [5.41, 5.74) is 3.15. The summed E-state index contributed by atoms with van der Waals surface area (Å²) in [5.74, 6) is 5.60. The molecule has 1 aliphatic carbocycles. The monoisotopic (exact) mass is 238 g/mol. The van der Waals surface area contributed by atoms with Crippen molar-refractivity contribution in [1.29, 1.82) is 0 Å². The number of nitrogens with one attached hydrogen (secondary N) is 2. The number of hydrogen-bond donors (Lipinski definition) is 3. The van der Waals surface area contributed by atoms with E-state index in [1.165, 1.54) is 13.2 Å². The van der Waals surface area contributed by atoms with Gasteiger partial charge in [0.25, 0.3) is 0 Å². The third-order valence-electron chi connectivity index (χ3n) is 2.41. The van der Waals surface area contributed by atoms with Gasteiger partial charge in [-0.05, 0) is 25.0 Å². The molecule has 0 saturated heterocycles. The van der Waals surface area contributed by atoms with E-state index in [0.717, 1.165) is 12.8 Å². The van der Waals surface area contributed by atoms with Crippen molar-refractivity contribution in [3.05, 3.63) is 24.0 Å². The molecule has 0 amide bonds. The average Bonchev–Trinajstić information content (AvgIpc) is 3.14. The molecule has 0 aromatic heterocycles. The first-order chi connectivity index (χ1) is 8.22. The Labute approximate surface area is 98.8 Å². The van der Waals surface area contributed by atoms with Crippen LogP contribution in [0, 0.1) is 5.82 Å².